The topological polar surface area (TPSA) is 58.1 Å². The van der Waals surface area contributed by atoms with E-state index in [4.69, 9.17) is 5.26 Å². The van der Waals surface area contributed by atoms with Crippen molar-refractivity contribution in [2.24, 2.45) is 5.10 Å². The number of hydrogen-bond acceptors (Lipinski definition) is 3. The zero-order chi connectivity index (χ0) is 14.7. The highest BCUT2D eigenvalue weighted by Gasteiger charge is 2.08. The second kappa shape index (κ2) is 5.54. The first-order chi connectivity index (χ1) is 9.52. The Balaban J connectivity index is 2.47. The van der Waals surface area contributed by atoms with E-state index < -0.39 is 0 Å². The lowest BCUT2D eigenvalue weighted by Crippen LogP contribution is -2.22. The fraction of sp³-hybridized carbons (Fsp3) is 0.188. The van der Waals surface area contributed by atoms with Crippen LogP contribution in [-0.2, 0) is 0 Å². The molecule has 0 aliphatic heterocycles. The van der Waals surface area contributed by atoms with E-state index in [1.807, 2.05) is 37.3 Å². The number of pyridine rings is 1. The van der Waals surface area contributed by atoms with Gasteiger partial charge in [-0.3, -0.25) is 4.79 Å². The van der Waals surface area contributed by atoms with Crippen LogP contribution >= 0.6 is 0 Å². The Hall–Kier alpha value is -2.67. The molecule has 0 bridgehead atoms. The summed E-state index contributed by atoms with van der Waals surface area (Å²) in [5.41, 5.74) is 3.20. The lowest BCUT2D eigenvalue weighted by Gasteiger charge is -2.06. The molecule has 0 spiro atoms. The number of nitriles is 1. The summed E-state index contributed by atoms with van der Waals surface area (Å²) in [5, 5.41) is 13.2. The minimum Gasteiger partial charge on any atom is -0.266 e. The first kappa shape index (κ1) is 13.8. The first-order valence-corrected chi connectivity index (χ1v) is 6.27. The zero-order valence-corrected chi connectivity index (χ0v) is 11.7. The summed E-state index contributed by atoms with van der Waals surface area (Å²) in [5.74, 6) is 0. The van der Waals surface area contributed by atoms with E-state index in [2.05, 4.69) is 5.10 Å². The molecule has 0 aliphatic carbocycles. The van der Waals surface area contributed by atoms with E-state index in [0.29, 0.717) is 11.3 Å². The predicted octanol–water partition coefficient (Wildman–Crippen LogP) is 2.53. The minimum atomic E-state index is -0.381. The zero-order valence-electron chi connectivity index (χ0n) is 11.7. The van der Waals surface area contributed by atoms with Crippen molar-refractivity contribution >= 4 is 6.21 Å². The van der Waals surface area contributed by atoms with Gasteiger partial charge in [0, 0.05) is 5.69 Å². The van der Waals surface area contributed by atoms with Crippen LogP contribution in [0.2, 0.25) is 0 Å². The minimum absolute atomic E-state index is 0.136. The molecule has 0 radical (unpaired) electrons. The standard InChI is InChI=1S/C16H15N3O/c1-11-4-6-14(7-5-11)10-18-19-13(3)8-12(2)15(9-17)16(19)20/h4-8,10H,1-3H3. The van der Waals surface area contributed by atoms with Crippen LogP contribution in [-0.4, -0.2) is 10.9 Å². The maximum atomic E-state index is 12.1. The molecule has 1 aromatic carbocycles. The van der Waals surface area contributed by atoms with Crippen molar-refractivity contribution < 1.29 is 0 Å². The highest BCUT2D eigenvalue weighted by molar-refractivity contribution is 5.79. The van der Waals surface area contributed by atoms with E-state index in [1.165, 1.54) is 4.68 Å². The van der Waals surface area contributed by atoms with E-state index in [1.54, 1.807) is 26.1 Å². The molecule has 4 nitrogen and oxygen atoms in total. The number of aryl methyl sites for hydroxylation is 3. The molecule has 2 aromatic rings. The fourth-order valence-corrected chi connectivity index (χ4v) is 1.94. The molecule has 0 atom stereocenters. The smallest absolute Gasteiger partial charge is 0.266 e. The van der Waals surface area contributed by atoms with Crippen LogP contribution in [0.4, 0.5) is 0 Å². The Morgan fingerprint density at radius 2 is 1.85 bits per heavy atom. The van der Waals surface area contributed by atoms with Crippen molar-refractivity contribution in [1.82, 2.24) is 4.68 Å². The largest absolute Gasteiger partial charge is 0.289 e. The van der Waals surface area contributed by atoms with Crippen molar-refractivity contribution in [2.45, 2.75) is 20.8 Å². The molecule has 1 aromatic heterocycles. The van der Waals surface area contributed by atoms with Crippen LogP contribution < -0.4 is 5.56 Å². The molecule has 0 amide bonds. The van der Waals surface area contributed by atoms with Crippen molar-refractivity contribution in [2.75, 3.05) is 0 Å². The normalized spacial score (nSPS) is 10.7. The van der Waals surface area contributed by atoms with Gasteiger partial charge in [0.15, 0.2) is 0 Å². The lowest BCUT2D eigenvalue weighted by molar-refractivity contribution is 0.786. The van der Waals surface area contributed by atoms with Gasteiger partial charge in [0.05, 0.1) is 6.21 Å². The van der Waals surface area contributed by atoms with E-state index >= 15 is 0 Å². The molecule has 0 aliphatic rings. The molecule has 0 saturated carbocycles. The number of hydrogen-bond donors (Lipinski definition) is 0. The first-order valence-electron chi connectivity index (χ1n) is 6.27. The monoisotopic (exact) mass is 265 g/mol. The van der Waals surface area contributed by atoms with E-state index in [0.717, 1.165) is 11.1 Å². The summed E-state index contributed by atoms with van der Waals surface area (Å²) >= 11 is 0. The highest BCUT2D eigenvalue weighted by atomic mass is 16.1. The second-order valence-corrected chi connectivity index (χ2v) is 4.73. The average Bonchev–Trinajstić information content (AvgIpc) is 2.40. The van der Waals surface area contributed by atoms with Crippen molar-refractivity contribution in [3.05, 3.63) is 68.6 Å². The number of nitrogens with zero attached hydrogens (tertiary/aromatic N) is 3. The van der Waals surface area contributed by atoms with Gasteiger partial charge in [0.1, 0.15) is 11.6 Å². The molecular formula is C16H15N3O. The molecule has 100 valence electrons. The van der Waals surface area contributed by atoms with Crippen molar-refractivity contribution in [3.63, 3.8) is 0 Å². The van der Waals surface area contributed by atoms with Gasteiger partial charge in [-0.1, -0.05) is 29.8 Å². The number of rotatable bonds is 2. The number of aromatic nitrogens is 1. The molecule has 1 heterocycles. The Morgan fingerprint density at radius 1 is 1.20 bits per heavy atom. The van der Waals surface area contributed by atoms with Gasteiger partial charge in [-0.25, -0.2) is 4.68 Å². The molecule has 4 heteroatoms. The third-order valence-electron chi connectivity index (χ3n) is 3.07. The summed E-state index contributed by atoms with van der Waals surface area (Å²) in [6, 6.07) is 11.5. The van der Waals surface area contributed by atoms with E-state index in [9.17, 15) is 4.79 Å². The van der Waals surface area contributed by atoms with Gasteiger partial charge < -0.3 is 0 Å². The Kier molecular flexibility index (Phi) is 3.81. The van der Waals surface area contributed by atoms with Gasteiger partial charge in [0.25, 0.3) is 5.56 Å². The van der Waals surface area contributed by atoms with Crippen molar-refractivity contribution in [3.8, 4) is 6.07 Å². The molecule has 0 N–H and O–H groups in total. The van der Waals surface area contributed by atoms with Crippen LogP contribution in [0, 0.1) is 32.1 Å². The van der Waals surface area contributed by atoms with Crippen LogP contribution in [0.5, 0.6) is 0 Å². The average molecular weight is 265 g/mol. The Morgan fingerprint density at radius 3 is 2.45 bits per heavy atom. The molecule has 0 saturated heterocycles. The third kappa shape index (κ3) is 2.67. The summed E-state index contributed by atoms with van der Waals surface area (Å²) in [7, 11) is 0. The molecule has 0 fully saturated rings. The maximum Gasteiger partial charge on any atom is 0.289 e. The van der Waals surface area contributed by atoms with Crippen LogP contribution in [0.15, 0.2) is 40.2 Å². The van der Waals surface area contributed by atoms with Gasteiger partial charge in [-0.15, -0.1) is 0 Å². The quantitative estimate of drug-likeness (QED) is 0.783. The van der Waals surface area contributed by atoms with Crippen LogP contribution in [0.1, 0.15) is 27.9 Å². The third-order valence-corrected chi connectivity index (χ3v) is 3.07. The number of benzene rings is 1. The molecular weight excluding hydrogens is 250 g/mol. The Labute approximate surface area is 117 Å². The fourth-order valence-electron chi connectivity index (χ4n) is 1.94. The lowest BCUT2D eigenvalue weighted by atomic mass is 10.1. The van der Waals surface area contributed by atoms with E-state index in [-0.39, 0.29) is 11.1 Å². The summed E-state index contributed by atoms with van der Waals surface area (Å²) in [6.45, 7) is 5.55. The van der Waals surface area contributed by atoms with Gasteiger partial charge in [0.2, 0.25) is 0 Å². The Bertz CT molecular complexity index is 762. The maximum absolute atomic E-state index is 12.1. The molecule has 0 unspecified atom stereocenters. The SMILES string of the molecule is Cc1ccc(C=Nn2c(C)cc(C)c(C#N)c2=O)cc1. The summed E-state index contributed by atoms with van der Waals surface area (Å²) < 4.78 is 1.26. The second-order valence-electron chi connectivity index (χ2n) is 4.73. The summed E-state index contributed by atoms with van der Waals surface area (Å²) in [4.78, 5) is 12.1. The summed E-state index contributed by atoms with van der Waals surface area (Å²) in [6.07, 6.45) is 1.62. The van der Waals surface area contributed by atoms with Crippen LogP contribution in [0.25, 0.3) is 0 Å². The molecule has 20 heavy (non-hydrogen) atoms. The molecule has 2 rings (SSSR count). The van der Waals surface area contributed by atoms with Gasteiger partial charge >= 0.3 is 0 Å². The van der Waals surface area contributed by atoms with Gasteiger partial charge in [-0.05, 0) is 38.0 Å². The predicted molar refractivity (Wildman–Crippen MR) is 79.1 cm³/mol. The van der Waals surface area contributed by atoms with Crippen LogP contribution in [0.3, 0.4) is 0 Å². The van der Waals surface area contributed by atoms with Crippen molar-refractivity contribution in [1.29, 1.82) is 5.26 Å². The highest BCUT2D eigenvalue weighted by Crippen LogP contribution is 2.05. The van der Waals surface area contributed by atoms with Gasteiger partial charge in [-0.2, -0.15) is 10.4 Å².